The minimum Gasteiger partial charge on any atom is -0.487 e. The van der Waals surface area contributed by atoms with Gasteiger partial charge in [-0.05, 0) is 36.8 Å². The Morgan fingerprint density at radius 1 is 1.12 bits per heavy atom. The van der Waals surface area contributed by atoms with Crippen LogP contribution in [0.25, 0.3) is 0 Å². The summed E-state index contributed by atoms with van der Waals surface area (Å²) < 4.78 is 55.3. The number of rotatable bonds is 5. The zero-order valence-corrected chi connectivity index (χ0v) is 14.8. The maximum atomic E-state index is 12.7. The zero-order chi connectivity index (χ0) is 18.1. The van der Waals surface area contributed by atoms with E-state index in [9.17, 15) is 16.8 Å². The van der Waals surface area contributed by atoms with Crippen molar-refractivity contribution in [2.45, 2.75) is 22.3 Å². The van der Waals surface area contributed by atoms with Gasteiger partial charge in [-0.3, -0.25) is 4.98 Å². The van der Waals surface area contributed by atoms with E-state index in [4.69, 9.17) is 9.88 Å². The molecule has 25 heavy (non-hydrogen) atoms. The molecule has 0 bridgehead atoms. The fourth-order valence-electron chi connectivity index (χ4n) is 2.58. The summed E-state index contributed by atoms with van der Waals surface area (Å²) in [4.78, 5) is 3.60. The van der Waals surface area contributed by atoms with Crippen molar-refractivity contribution in [2.75, 3.05) is 13.1 Å². The summed E-state index contributed by atoms with van der Waals surface area (Å²) >= 11 is 0. The van der Waals surface area contributed by atoms with Gasteiger partial charge >= 0.3 is 0 Å². The summed E-state index contributed by atoms with van der Waals surface area (Å²) in [6.45, 7) is 0.462. The molecule has 2 heterocycles. The van der Waals surface area contributed by atoms with E-state index in [2.05, 4.69) is 4.98 Å². The van der Waals surface area contributed by atoms with Crippen molar-refractivity contribution in [3.05, 3.63) is 48.8 Å². The van der Waals surface area contributed by atoms with Gasteiger partial charge in [-0.2, -0.15) is 4.31 Å². The van der Waals surface area contributed by atoms with Gasteiger partial charge in [-0.15, -0.1) is 0 Å². The van der Waals surface area contributed by atoms with Crippen LogP contribution in [0.1, 0.15) is 6.42 Å². The van der Waals surface area contributed by atoms with Gasteiger partial charge in [0.15, 0.2) is 0 Å². The molecule has 1 saturated heterocycles. The molecular weight excluding hydrogens is 366 g/mol. The number of primary sulfonamides is 1. The molecule has 1 aliphatic heterocycles. The monoisotopic (exact) mass is 383 g/mol. The quantitative estimate of drug-likeness (QED) is 0.806. The van der Waals surface area contributed by atoms with Gasteiger partial charge in [0.2, 0.25) is 20.0 Å². The standard InChI is InChI=1S/C15H17N3O5S2/c16-24(19,20)14-4-1-5-15(9-14)25(21,22)18-8-6-13(11-18)23-12-3-2-7-17-10-12/h1-5,7,9-10,13H,6,8,11H2,(H2,16,19,20)/t13-/m0/s1. The lowest BCUT2D eigenvalue weighted by atomic mass is 10.3. The van der Waals surface area contributed by atoms with E-state index < -0.39 is 20.0 Å². The predicted molar refractivity (Wildman–Crippen MR) is 89.8 cm³/mol. The van der Waals surface area contributed by atoms with Crippen molar-refractivity contribution in [2.24, 2.45) is 5.14 Å². The first-order chi connectivity index (χ1) is 11.8. The lowest BCUT2D eigenvalue weighted by molar-refractivity contribution is 0.214. The summed E-state index contributed by atoms with van der Waals surface area (Å²) in [6, 6.07) is 8.51. The van der Waals surface area contributed by atoms with Crippen molar-refractivity contribution in [1.29, 1.82) is 0 Å². The smallest absolute Gasteiger partial charge is 0.243 e. The maximum absolute atomic E-state index is 12.7. The highest BCUT2D eigenvalue weighted by molar-refractivity contribution is 7.90. The Balaban J connectivity index is 1.78. The molecule has 0 saturated carbocycles. The van der Waals surface area contributed by atoms with Gasteiger partial charge in [0, 0.05) is 12.7 Å². The van der Waals surface area contributed by atoms with E-state index in [-0.39, 0.29) is 29.0 Å². The first-order valence-corrected chi connectivity index (χ1v) is 10.5. The number of pyridine rings is 1. The highest BCUT2D eigenvalue weighted by Crippen LogP contribution is 2.25. The van der Waals surface area contributed by atoms with Crippen molar-refractivity contribution in [3.8, 4) is 5.75 Å². The van der Waals surface area contributed by atoms with Gasteiger partial charge in [-0.25, -0.2) is 22.0 Å². The van der Waals surface area contributed by atoms with Crippen LogP contribution < -0.4 is 9.88 Å². The van der Waals surface area contributed by atoms with Crippen LogP contribution in [0, 0.1) is 0 Å². The molecule has 1 aliphatic rings. The lowest BCUT2D eigenvalue weighted by Gasteiger charge is -2.17. The van der Waals surface area contributed by atoms with E-state index in [1.54, 1.807) is 24.5 Å². The number of hydrogen-bond donors (Lipinski definition) is 1. The maximum Gasteiger partial charge on any atom is 0.243 e. The van der Waals surface area contributed by atoms with Crippen LogP contribution in [-0.2, 0) is 20.0 Å². The molecule has 3 rings (SSSR count). The Labute approximate surface area is 146 Å². The molecule has 0 amide bonds. The summed E-state index contributed by atoms with van der Waals surface area (Å²) in [5.41, 5.74) is 0. The van der Waals surface area contributed by atoms with Gasteiger partial charge in [0.1, 0.15) is 11.9 Å². The summed E-state index contributed by atoms with van der Waals surface area (Å²) in [5, 5.41) is 5.07. The van der Waals surface area contributed by atoms with Crippen LogP contribution in [0.5, 0.6) is 5.75 Å². The molecule has 1 atom stereocenters. The van der Waals surface area contributed by atoms with E-state index in [1.807, 2.05) is 0 Å². The third-order valence-electron chi connectivity index (χ3n) is 3.82. The molecule has 1 aromatic carbocycles. The summed E-state index contributed by atoms with van der Waals surface area (Å²) in [6.07, 6.45) is 3.42. The van der Waals surface area contributed by atoms with Gasteiger partial charge in [-0.1, -0.05) is 6.07 Å². The van der Waals surface area contributed by atoms with E-state index in [0.29, 0.717) is 12.2 Å². The number of hydrogen-bond acceptors (Lipinski definition) is 6. The minimum atomic E-state index is -3.98. The molecule has 134 valence electrons. The summed E-state index contributed by atoms with van der Waals surface area (Å²) in [5.74, 6) is 0.572. The molecule has 2 N–H and O–H groups in total. The Hall–Kier alpha value is -2.01. The highest BCUT2D eigenvalue weighted by atomic mass is 32.2. The third-order valence-corrected chi connectivity index (χ3v) is 6.59. The number of sulfonamides is 2. The Kier molecular flexibility index (Phi) is 4.78. The highest BCUT2D eigenvalue weighted by Gasteiger charge is 2.34. The molecule has 0 spiro atoms. The molecule has 2 aromatic rings. The molecular formula is C15H17N3O5S2. The largest absolute Gasteiger partial charge is 0.487 e. The first kappa shape index (κ1) is 17.8. The predicted octanol–water partition coefficient (Wildman–Crippen LogP) is 0.571. The minimum absolute atomic E-state index is 0.110. The van der Waals surface area contributed by atoms with Gasteiger partial charge < -0.3 is 4.74 Å². The fraction of sp³-hybridized carbons (Fsp3) is 0.267. The van der Waals surface area contributed by atoms with Crippen LogP contribution in [0.4, 0.5) is 0 Å². The molecule has 10 heteroatoms. The van der Waals surface area contributed by atoms with Crippen LogP contribution in [0.2, 0.25) is 0 Å². The van der Waals surface area contributed by atoms with Crippen molar-refractivity contribution in [3.63, 3.8) is 0 Å². The second-order valence-electron chi connectivity index (χ2n) is 5.60. The third kappa shape index (κ3) is 3.98. The van der Waals surface area contributed by atoms with Crippen LogP contribution in [-0.4, -0.2) is 45.3 Å². The molecule has 8 nitrogen and oxygen atoms in total. The number of benzene rings is 1. The summed E-state index contributed by atoms with van der Waals surface area (Å²) in [7, 11) is -7.80. The number of ether oxygens (including phenoxy) is 1. The molecule has 0 unspecified atom stereocenters. The Bertz CT molecular complexity index is 962. The molecule has 0 radical (unpaired) electrons. The molecule has 0 aliphatic carbocycles. The normalized spacial score (nSPS) is 19.0. The number of nitrogens with zero attached hydrogens (tertiary/aromatic N) is 2. The van der Waals surface area contributed by atoms with Crippen LogP contribution >= 0.6 is 0 Å². The van der Waals surface area contributed by atoms with Gasteiger partial charge in [0.05, 0.1) is 22.5 Å². The first-order valence-electron chi connectivity index (χ1n) is 7.46. The molecule has 1 fully saturated rings. The van der Waals surface area contributed by atoms with Crippen molar-refractivity contribution < 1.29 is 21.6 Å². The van der Waals surface area contributed by atoms with E-state index in [1.165, 1.54) is 22.5 Å². The van der Waals surface area contributed by atoms with E-state index in [0.717, 1.165) is 6.07 Å². The second kappa shape index (κ2) is 6.71. The fourth-order valence-corrected chi connectivity index (χ4v) is 4.75. The Morgan fingerprint density at radius 2 is 1.88 bits per heavy atom. The SMILES string of the molecule is NS(=O)(=O)c1cccc(S(=O)(=O)N2CC[C@H](Oc3cccnc3)C2)c1. The zero-order valence-electron chi connectivity index (χ0n) is 13.1. The van der Waals surface area contributed by atoms with E-state index >= 15 is 0 Å². The topological polar surface area (TPSA) is 120 Å². The van der Waals surface area contributed by atoms with Gasteiger partial charge in [0.25, 0.3) is 0 Å². The number of aromatic nitrogens is 1. The average molecular weight is 383 g/mol. The number of nitrogens with two attached hydrogens (primary N) is 1. The van der Waals surface area contributed by atoms with Crippen molar-refractivity contribution in [1.82, 2.24) is 9.29 Å². The molecule has 1 aromatic heterocycles. The Morgan fingerprint density at radius 3 is 2.56 bits per heavy atom. The lowest BCUT2D eigenvalue weighted by Crippen LogP contribution is -2.31. The second-order valence-corrected chi connectivity index (χ2v) is 9.10. The van der Waals surface area contributed by atoms with Crippen LogP contribution in [0.3, 0.4) is 0 Å². The van der Waals surface area contributed by atoms with Crippen LogP contribution in [0.15, 0.2) is 58.6 Å². The average Bonchev–Trinajstić information content (AvgIpc) is 3.04. The van der Waals surface area contributed by atoms with Crippen molar-refractivity contribution >= 4 is 20.0 Å².